The van der Waals surface area contributed by atoms with Gasteiger partial charge in [-0.1, -0.05) is 72.3 Å². The number of sulfonamides is 1. The van der Waals surface area contributed by atoms with Crippen molar-refractivity contribution in [3.05, 3.63) is 101 Å². The minimum atomic E-state index is -3.84. The standard InChI is InChI=1S/C25H26N2O2S/c1-18-14-16-20(17-15-18)30(28,29)27-23(19-10-6-5-7-11-19)21-12-8-9-13-22(21)24(27)26-25(2,3)4/h5-17,23H,1-4H3/t23-/m0/s1. The van der Waals surface area contributed by atoms with Crippen molar-refractivity contribution in [2.75, 3.05) is 0 Å². The number of fused-ring (bicyclic) bond motifs is 1. The third-order valence-electron chi connectivity index (χ3n) is 5.07. The molecular formula is C25H26N2O2S. The smallest absolute Gasteiger partial charge is 0.261 e. The summed E-state index contributed by atoms with van der Waals surface area (Å²) >= 11 is 0. The van der Waals surface area contributed by atoms with E-state index in [0.29, 0.717) is 5.84 Å². The Labute approximate surface area is 179 Å². The third-order valence-corrected chi connectivity index (χ3v) is 6.84. The summed E-state index contributed by atoms with van der Waals surface area (Å²) in [6.45, 7) is 7.89. The summed E-state index contributed by atoms with van der Waals surface area (Å²) in [4.78, 5) is 5.15. The molecule has 1 atom stereocenters. The number of nitrogens with zero attached hydrogens (tertiary/aromatic N) is 2. The zero-order valence-electron chi connectivity index (χ0n) is 17.7. The minimum absolute atomic E-state index is 0.267. The average molecular weight is 419 g/mol. The molecule has 154 valence electrons. The molecule has 3 aromatic carbocycles. The van der Waals surface area contributed by atoms with Gasteiger partial charge in [-0.05, 0) is 51.0 Å². The number of aryl methyl sites for hydroxylation is 1. The van der Waals surface area contributed by atoms with Crippen LogP contribution in [0.3, 0.4) is 0 Å². The van der Waals surface area contributed by atoms with Gasteiger partial charge in [0.2, 0.25) is 0 Å². The number of rotatable bonds is 3. The highest BCUT2D eigenvalue weighted by atomic mass is 32.2. The van der Waals surface area contributed by atoms with E-state index in [1.54, 1.807) is 12.1 Å². The molecule has 5 heteroatoms. The van der Waals surface area contributed by atoms with Crippen LogP contribution < -0.4 is 0 Å². The predicted molar refractivity (Wildman–Crippen MR) is 121 cm³/mol. The van der Waals surface area contributed by atoms with E-state index in [9.17, 15) is 8.42 Å². The molecular weight excluding hydrogens is 392 g/mol. The molecule has 30 heavy (non-hydrogen) atoms. The van der Waals surface area contributed by atoms with Crippen LogP contribution in [-0.4, -0.2) is 24.1 Å². The summed E-state index contributed by atoms with van der Waals surface area (Å²) in [5.74, 6) is 0.493. The first-order valence-corrected chi connectivity index (χ1v) is 11.5. The molecule has 1 aliphatic rings. The van der Waals surface area contributed by atoms with E-state index >= 15 is 0 Å². The van der Waals surface area contributed by atoms with Crippen LogP contribution in [0.4, 0.5) is 0 Å². The van der Waals surface area contributed by atoms with Crippen LogP contribution in [0.5, 0.6) is 0 Å². The van der Waals surface area contributed by atoms with E-state index in [4.69, 9.17) is 4.99 Å². The highest BCUT2D eigenvalue weighted by molar-refractivity contribution is 7.89. The Morgan fingerprint density at radius 2 is 1.43 bits per heavy atom. The molecule has 0 fully saturated rings. The summed E-state index contributed by atoms with van der Waals surface area (Å²) in [5.41, 5.74) is 3.30. The lowest BCUT2D eigenvalue weighted by molar-refractivity contribution is 0.484. The molecule has 0 spiro atoms. The number of benzene rings is 3. The van der Waals surface area contributed by atoms with Crippen LogP contribution in [0.1, 0.15) is 49.1 Å². The van der Waals surface area contributed by atoms with Gasteiger partial charge in [-0.25, -0.2) is 12.7 Å². The Bertz CT molecular complexity index is 1190. The summed E-state index contributed by atoms with van der Waals surface area (Å²) in [5, 5.41) is 0. The van der Waals surface area contributed by atoms with Gasteiger partial charge < -0.3 is 0 Å². The molecule has 0 radical (unpaired) electrons. The molecule has 0 bridgehead atoms. The second-order valence-electron chi connectivity index (χ2n) is 8.62. The van der Waals surface area contributed by atoms with E-state index in [0.717, 1.165) is 22.3 Å². The maximum absolute atomic E-state index is 13.9. The SMILES string of the molecule is Cc1ccc(S(=O)(=O)N2C(=NC(C)(C)C)c3ccccc3[C@@H]2c2ccccc2)cc1. The second kappa shape index (κ2) is 7.40. The molecule has 3 aromatic rings. The van der Waals surface area contributed by atoms with Crippen molar-refractivity contribution in [3.63, 3.8) is 0 Å². The Kier molecular flexibility index (Phi) is 5.02. The van der Waals surface area contributed by atoms with Crippen LogP contribution in [0.2, 0.25) is 0 Å². The lowest BCUT2D eigenvalue weighted by atomic mass is 9.98. The first kappa shape index (κ1) is 20.4. The van der Waals surface area contributed by atoms with E-state index in [1.165, 1.54) is 4.31 Å². The maximum Gasteiger partial charge on any atom is 0.266 e. The van der Waals surface area contributed by atoms with Gasteiger partial charge in [0.15, 0.2) is 0 Å². The van der Waals surface area contributed by atoms with Gasteiger partial charge in [-0.15, -0.1) is 0 Å². The molecule has 0 saturated carbocycles. The fourth-order valence-electron chi connectivity index (χ4n) is 3.76. The van der Waals surface area contributed by atoms with Crippen LogP contribution >= 0.6 is 0 Å². The number of amidine groups is 1. The molecule has 0 unspecified atom stereocenters. The van der Waals surface area contributed by atoms with Gasteiger partial charge in [0.1, 0.15) is 5.84 Å². The molecule has 1 heterocycles. The molecule has 0 aliphatic carbocycles. The zero-order chi connectivity index (χ0) is 21.5. The Balaban J connectivity index is 2.00. The monoisotopic (exact) mass is 418 g/mol. The molecule has 1 aliphatic heterocycles. The van der Waals surface area contributed by atoms with Crippen molar-refractivity contribution in [3.8, 4) is 0 Å². The van der Waals surface area contributed by atoms with Crippen LogP contribution in [0.15, 0.2) is 88.8 Å². The van der Waals surface area contributed by atoms with Gasteiger partial charge in [0.25, 0.3) is 10.0 Å². The first-order chi connectivity index (χ1) is 14.2. The summed E-state index contributed by atoms with van der Waals surface area (Å²) in [7, 11) is -3.84. The predicted octanol–water partition coefficient (Wildman–Crippen LogP) is 5.33. The van der Waals surface area contributed by atoms with Gasteiger partial charge >= 0.3 is 0 Å². The largest absolute Gasteiger partial charge is 0.266 e. The number of hydrogen-bond donors (Lipinski definition) is 0. The van der Waals surface area contributed by atoms with E-state index in [1.807, 2.05) is 94.4 Å². The Hall–Kier alpha value is -2.92. The van der Waals surface area contributed by atoms with Crippen molar-refractivity contribution in [2.24, 2.45) is 4.99 Å². The third kappa shape index (κ3) is 3.65. The lowest BCUT2D eigenvalue weighted by Gasteiger charge is -2.28. The van der Waals surface area contributed by atoms with Crippen molar-refractivity contribution < 1.29 is 8.42 Å². The van der Waals surface area contributed by atoms with Crippen LogP contribution in [0.25, 0.3) is 0 Å². The zero-order valence-corrected chi connectivity index (χ0v) is 18.5. The summed E-state index contributed by atoms with van der Waals surface area (Å²) in [6, 6.07) is 24.1. The average Bonchev–Trinajstić information content (AvgIpc) is 3.02. The van der Waals surface area contributed by atoms with Crippen molar-refractivity contribution in [1.82, 2.24) is 4.31 Å². The second-order valence-corrected chi connectivity index (χ2v) is 10.4. The minimum Gasteiger partial charge on any atom is -0.261 e. The molecule has 4 nitrogen and oxygen atoms in total. The number of aliphatic imine (C=N–C) groups is 1. The van der Waals surface area contributed by atoms with Gasteiger partial charge in [-0.3, -0.25) is 4.99 Å². The summed E-state index contributed by atoms with van der Waals surface area (Å²) in [6.07, 6.45) is 0. The van der Waals surface area contributed by atoms with Crippen LogP contribution in [0, 0.1) is 6.92 Å². The molecule has 4 rings (SSSR count). The van der Waals surface area contributed by atoms with E-state index < -0.39 is 21.6 Å². The molecule has 0 amide bonds. The quantitative estimate of drug-likeness (QED) is 0.577. The highest BCUT2D eigenvalue weighted by Crippen LogP contribution is 2.42. The fourth-order valence-corrected chi connectivity index (χ4v) is 5.35. The highest BCUT2D eigenvalue weighted by Gasteiger charge is 2.44. The van der Waals surface area contributed by atoms with E-state index in [-0.39, 0.29) is 4.90 Å². The van der Waals surface area contributed by atoms with Crippen molar-refractivity contribution >= 4 is 15.9 Å². The molecule has 0 saturated heterocycles. The van der Waals surface area contributed by atoms with Crippen molar-refractivity contribution in [1.29, 1.82) is 0 Å². The van der Waals surface area contributed by atoms with E-state index in [2.05, 4.69) is 0 Å². The fraction of sp³-hybridized carbons (Fsp3) is 0.240. The maximum atomic E-state index is 13.9. The summed E-state index contributed by atoms with van der Waals surface area (Å²) < 4.78 is 29.4. The first-order valence-electron chi connectivity index (χ1n) is 10.0. The van der Waals surface area contributed by atoms with Crippen LogP contribution in [-0.2, 0) is 10.0 Å². The molecule has 0 N–H and O–H groups in total. The van der Waals surface area contributed by atoms with Gasteiger partial charge in [-0.2, -0.15) is 0 Å². The Morgan fingerprint density at radius 3 is 2.07 bits per heavy atom. The Morgan fingerprint density at radius 1 is 0.833 bits per heavy atom. The van der Waals surface area contributed by atoms with Crippen molar-refractivity contribution in [2.45, 2.75) is 44.2 Å². The lowest BCUT2D eigenvalue weighted by Crippen LogP contribution is -2.37. The van der Waals surface area contributed by atoms with Gasteiger partial charge in [0.05, 0.1) is 16.5 Å². The topological polar surface area (TPSA) is 49.7 Å². The van der Waals surface area contributed by atoms with Gasteiger partial charge in [0, 0.05) is 5.56 Å². The number of hydrogen-bond acceptors (Lipinski definition) is 3. The normalized spacial score (nSPS) is 17.9. The molecule has 0 aromatic heterocycles.